The molecule has 0 radical (unpaired) electrons. The van der Waals surface area contributed by atoms with Gasteiger partial charge in [0.1, 0.15) is 11.6 Å². The first-order valence-corrected chi connectivity index (χ1v) is 6.96. The van der Waals surface area contributed by atoms with Crippen LogP contribution < -0.4 is 10.2 Å². The molecule has 19 heavy (non-hydrogen) atoms. The molecule has 0 amide bonds. The zero-order valence-electron chi connectivity index (χ0n) is 10.6. The van der Waals surface area contributed by atoms with Crippen molar-refractivity contribution in [3.63, 3.8) is 0 Å². The summed E-state index contributed by atoms with van der Waals surface area (Å²) >= 11 is 3.39. The normalized spacial score (nSPS) is 14.0. The van der Waals surface area contributed by atoms with Gasteiger partial charge in [0.15, 0.2) is 4.73 Å². The molecule has 1 N–H and O–H groups in total. The van der Waals surface area contributed by atoms with Crippen LogP contribution in [0, 0.1) is 0 Å². The van der Waals surface area contributed by atoms with Crippen LogP contribution in [0.1, 0.15) is 11.3 Å². The number of aromatic nitrogens is 3. The predicted octanol–water partition coefficient (Wildman–Crippen LogP) is 2.05. The molecule has 1 aliphatic rings. The Morgan fingerprint density at radius 3 is 3.00 bits per heavy atom. The van der Waals surface area contributed by atoms with Gasteiger partial charge in [-0.15, -0.1) is 0 Å². The number of fused-ring (bicyclic) bond motifs is 1. The Kier molecular flexibility index (Phi) is 3.44. The molecular weight excluding hydrogens is 306 g/mol. The van der Waals surface area contributed by atoms with E-state index in [1.807, 2.05) is 30.1 Å². The Morgan fingerprint density at radius 2 is 2.21 bits per heavy atom. The summed E-state index contributed by atoms with van der Waals surface area (Å²) in [6, 6.07) is 5.85. The first-order chi connectivity index (χ1) is 9.25. The third-order valence-corrected chi connectivity index (χ3v) is 3.55. The minimum absolute atomic E-state index is 0.630. The molecule has 0 aliphatic carbocycles. The van der Waals surface area contributed by atoms with E-state index in [1.165, 1.54) is 0 Å². The van der Waals surface area contributed by atoms with E-state index in [-0.39, 0.29) is 0 Å². The topological polar surface area (TPSA) is 53.9 Å². The van der Waals surface area contributed by atoms with E-state index in [4.69, 9.17) is 0 Å². The van der Waals surface area contributed by atoms with E-state index < -0.39 is 0 Å². The minimum Gasteiger partial charge on any atom is -0.314 e. The van der Waals surface area contributed by atoms with Gasteiger partial charge in [0.2, 0.25) is 0 Å². The molecule has 0 unspecified atom stereocenters. The molecule has 0 aromatic carbocycles. The van der Waals surface area contributed by atoms with Crippen LogP contribution in [0.3, 0.4) is 0 Å². The van der Waals surface area contributed by atoms with Gasteiger partial charge >= 0.3 is 0 Å². The summed E-state index contributed by atoms with van der Waals surface area (Å²) in [6.45, 7) is 1.76. The third kappa shape index (κ3) is 2.46. The monoisotopic (exact) mass is 319 g/mol. The first-order valence-electron chi connectivity index (χ1n) is 6.16. The molecule has 1 aliphatic heterocycles. The van der Waals surface area contributed by atoms with Gasteiger partial charge in [0.25, 0.3) is 0 Å². The average molecular weight is 320 g/mol. The number of pyridine rings is 1. The van der Waals surface area contributed by atoms with Gasteiger partial charge in [0.05, 0.1) is 5.69 Å². The fraction of sp³-hybridized carbons (Fsp3) is 0.308. The molecule has 0 spiro atoms. The molecule has 3 heterocycles. The second kappa shape index (κ2) is 5.22. The summed E-state index contributed by atoms with van der Waals surface area (Å²) in [5, 5.41) is 3.36. The lowest BCUT2D eigenvalue weighted by Crippen LogP contribution is -2.28. The summed E-state index contributed by atoms with van der Waals surface area (Å²) in [4.78, 5) is 15.3. The van der Waals surface area contributed by atoms with Crippen molar-refractivity contribution in [2.75, 3.05) is 18.5 Å². The maximum absolute atomic E-state index is 4.51. The van der Waals surface area contributed by atoms with Gasteiger partial charge in [-0.25, -0.2) is 15.0 Å². The largest absolute Gasteiger partial charge is 0.314 e. The number of nitrogens with one attached hydrogen (secondary N) is 1. The Labute approximate surface area is 120 Å². The first kappa shape index (κ1) is 12.5. The van der Waals surface area contributed by atoms with Crippen LogP contribution in [-0.4, -0.2) is 28.5 Å². The maximum Gasteiger partial charge on any atom is 0.198 e. The van der Waals surface area contributed by atoms with Gasteiger partial charge in [0, 0.05) is 38.3 Å². The lowest BCUT2D eigenvalue weighted by molar-refractivity contribution is 0.623. The number of hydrogen-bond acceptors (Lipinski definition) is 5. The predicted molar refractivity (Wildman–Crippen MR) is 77.4 cm³/mol. The van der Waals surface area contributed by atoms with E-state index in [2.05, 4.69) is 36.2 Å². The highest BCUT2D eigenvalue weighted by molar-refractivity contribution is 9.10. The summed E-state index contributed by atoms with van der Waals surface area (Å²) in [7, 11) is 1.98. The molecule has 0 fully saturated rings. The smallest absolute Gasteiger partial charge is 0.198 e. The Balaban J connectivity index is 2.07. The number of nitrogens with zero attached hydrogens (tertiary/aromatic N) is 4. The number of hydrogen-bond donors (Lipinski definition) is 1. The maximum atomic E-state index is 4.51. The van der Waals surface area contributed by atoms with E-state index in [0.717, 1.165) is 42.4 Å². The zero-order valence-corrected chi connectivity index (χ0v) is 12.2. The highest BCUT2D eigenvalue weighted by Gasteiger charge is 2.20. The Morgan fingerprint density at radius 1 is 1.32 bits per heavy atom. The molecule has 0 bridgehead atoms. The van der Waals surface area contributed by atoms with E-state index in [1.54, 1.807) is 6.20 Å². The average Bonchev–Trinajstić information content (AvgIpc) is 2.46. The van der Waals surface area contributed by atoms with Gasteiger partial charge in [-0.3, -0.25) is 0 Å². The Bertz CT molecular complexity index is 587. The molecule has 98 valence electrons. The molecule has 0 atom stereocenters. The fourth-order valence-electron chi connectivity index (χ4n) is 2.23. The van der Waals surface area contributed by atoms with E-state index in [0.29, 0.717) is 4.73 Å². The van der Waals surface area contributed by atoms with Crippen LogP contribution in [0.5, 0.6) is 0 Å². The second-order valence-electron chi connectivity index (χ2n) is 4.42. The molecule has 3 rings (SSSR count). The number of rotatable bonds is 2. The SMILES string of the molecule is CN(c1ccccn1)c1nc(Br)nc2c1CNCC2. The summed E-state index contributed by atoms with van der Waals surface area (Å²) in [6.07, 6.45) is 2.71. The lowest BCUT2D eigenvalue weighted by Gasteiger charge is -2.24. The molecule has 0 saturated heterocycles. The van der Waals surface area contributed by atoms with Gasteiger partial charge in [-0.05, 0) is 28.1 Å². The van der Waals surface area contributed by atoms with E-state index in [9.17, 15) is 0 Å². The zero-order chi connectivity index (χ0) is 13.2. The second-order valence-corrected chi connectivity index (χ2v) is 5.12. The minimum atomic E-state index is 0.630. The molecule has 2 aromatic rings. The van der Waals surface area contributed by atoms with Crippen LogP contribution in [-0.2, 0) is 13.0 Å². The molecule has 2 aromatic heterocycles. The fourth-order valence-corrected chi connectivity index (χ4v) is 2.62. The van der Waals surface area contributed by atoms with Crippen LogP contribution >= 0.6 is 15.9 Å². The van der Waals surface area contributed by atoms with Gasteiger partial charge in [-0.2, -0.15) is 0 Å². The lowest BCUT2D eigenvalue weighted by atomic mass is 10.1. The number of anilines is 2. The molecule has 5 nitrogen and oxygen atoms in total. The molecule has 0 saturated carbocycles. The number of halogens is 1. The van der Waals surface area contributed by atoms with Crippen molar-refractivity contribution in [1.29, 1.82) is 0 Å². The van der Waals surface area contributed by atoms with Crippen molar-refractivity contribution in [2.24, 2.45) is 0 Å². The van der Waals surface area contributed by atoms with Crippen LogP contribution in [0.2, 0.25) is 0 Å². The van der Waals surface area contributed by atoms with Crippen molar-refractivity contribution < 1.29 is 0 Å². The third-order valence-electron chi connectivity index (χ3n) is 3.19. The highest BCUT2D eigenvalue weighted by atomic mass is 79.9. The standard InChI is InChI=1S/C13H14BrN5/c1-19(11-4-2-3-6-16-11)12-9-8-15-7-5-10(9)17-13(14)18-12/h2-4,6,15H,5,7-8H2,1H3. The van der Waals surface area contributed by atoms with Gasteiger partial charge < -0.3 is 10.2 Å². The van der Waals surface area contributed by atoms with E-state index >= 15 is 0 Å². The summed E-state index contributed by atoms with van der Waals surface area (Å²) < 4.78 is 0.630. The van der Waals surface area contributed by atoms with Crippen molar-refractivity contribution in [3.05, 3.63) is 40.4 Å². The molecular formula is C13H14BrN5. The van der Waals surface area contributed by atoms with Crippen LogP contribution in [0.15, 0.2) is 29.1 Å². The quantitative estimate of drug-likeness (QED) is 0.859. The van der Waals surface area contributed by atoms with Crippen molar-refractivity contribution >= 4 is 27.6 Å². The molecule has 6 heteroatoms. The summed E-state index contributed by atoms with van der Waals surface area (Å²) in [5.41, 5.74) is 2.26. The van der Waals surface area contributed by atoms with Crippen LogP contribution in [0.4, 0.5) is 11.6 Å². The summed E-state index contributed by atoms with van der Waals surface area (Å²) in [5.74, 6) is 1.78. The van der Waals surface area contributed by atoms with Crippen LogP contribution in [0.25, 0.3) is 0 Å². The van der Waals surface area contributed by atoms with Crippen molar-refractivity contribution in [1.82, 2.24) is 20.3 Å². The van der Waals surface area contributed by atoms with Crippen molar-refractivity contribution in [3.8, 4) is 0 Å². The van der Waals surface area contributed by atoms with Crippen molar-refractivity contribution in [2.45, 2.75) is 13.0 Å². The highest BCUT2D eigenvalue weighted by Crippen LogP contribution is 2.28. The Hall–Kier alpha value is -1.53. The van der Waals surface area contributed by atoms with Gasteiger partial charge in [-0.1, -0.05) is 6.07 Å².